The Labute approximate surface area is 175 Å². The molecule has 0 radical (unpaired) electrons. The van der Waals surface area contributed by atoms with Gasteiger partial charge >= 0.3 is 0 Å². The number of nitrogens with zero attached hydrogens (tertiary/aromatic N) is 8. The van der Waals surface area contributed by atoms with E-state index in [-0.39, 0.29) is 6.04 Å². The van der Waals surface area contributed by atoms with Crippen molar-refractivity contribution in [3.63, 3.8) is 0 Å². The fourth-order valence-electron chi connectivity index (χ4n) is 3.69. The SMILES string of the molecule is COCCn1nnnc1C(c1ccc(OC)cc1)N1CCN(c2ncccn2)CC1. The molecule has 1 saturated heterocycles. The van der Waals surface area contributed by atoms with Crippen molar-refractivity contribution in [2.75, 3.05) is 51.9 Å². The smallest absolute Gasteiger partial charge is 0.225 e. The number of aromatic nitrogens is 6. The highest BCUT2D eigenvalue weighted by atomic mass is 16.5. The molecule has 1 fully saturated rings. The molecule has 10 nitrogen and oxygen atoms in total. The van der Waals surface area contributed by atoms with Gasteiger partial charge in [0.2, 0.25) is 5.95 Å². The summed E-state index contributed by atoms with van der Waals surface area (Å²) >= 11 is 0. The van der Waals surface area contributed by atoms with E-state index < -0.39 is 0 Å². The van der Waals surface area contributed by atoms with Crippen LogP contribution in [0.2, 0.25) is 0 Å². The Hall–Kier alpha value is -3.11. The van der Waals surface area contributed by atoms with Crippen LogP contribution in [0.25, 0.3) is 0 Å². The zero-order valence-corrected chi connectivity index (χ0v) is 17.3. The molecule has 0 N–H and O–H groups in total. The summed E-state index contributed by atoms with van der Waals surface area (Å²) in [7, 11) is 3.35. The Morgan fingerprint density at radius 3 is 2.40 bits per heavy atom. The molecule has 1 atom stereocenters. The van der Waals surface area contributed by atoms with Crippen LogP contribution in [0.4, 0.5) is 5.95 Å². The Morgan fingerprint density at radius 1 is 1.00 bits per heavy atom. The molecule has 0 saturated carbocycles. The number of methoxy groups -OCH3 is 2. The Balaban J connectivity index is 1.59. The van der Waals surface area contributed by atoms with Crippen LogP contribution in [-0.2, 0) is 11.3 Å². The van der Waals surface area contributed by atoms with Crippen molar-refractivity contribution < 1.29 is 9.47 Å². The monoisotopic (exact) mass is 410 g/mol. The zero-order valence-electron chi connectivity index (χ0n) is 17.3. The molecule has 2 aromatic heterocycles. The normalized spacial score (nSPS) is 15.9. The summed E-state index contributed by atoms with van der Waals surface area (Å²) in [5, 5.41) is 12.5. The molecule has 1 unspecified atom stereocenters. The summed E-state index contributed by atoms with van der Waals surface area (Å²) in [6, 6.07) is 9.86. The molecule has 0 amide bonds. The first-order valence-electron chi connectivity index (χ1n) is 9.95. The first kappa shape index (κ1) is 20.2. The van der Waals surface area contributed by atoms with Crippen LogP contribution in [0, 0.1) is 0 Å². The lowest BCUT2D eigenvalue weighted by atomic mass is 10.0. The first-order chi connectivity index (χ1) is 14.8. The fourth-order valence-corrected chi connectivity index (χ4v) is 3.69. The Kier molecular flexibility index (Phi) is 6.45. The van der Waals surface area contributed by atoms with Gasteiger partial charge in [-0.2, -0.15) is 0 Å². The lowest BCUT2D eigenvalue weighted by Crippen LogP contribution is -2.49. The maximum absolute atomic E-state index is 5.33. The van der Waals surface area contributed by atoms with E-state index in [4.69, 9.17) is 9.47 Å². The van der Waals surface area contributed by atoms with Crippen LogP contribution in [0.15, 0.2) is 42.7 Å². The van der Waals surface area contributed by atoms with Gasteiger partial charge in [-0.15, -0.1) is 5.10 Å². The number of hydrogen-bond donors (Lipinski definition) is 0. The van der Waals surface area contributed by atoms with Gasteiger partial charge in [0.15, 0.2) is 5.82 Å². The van der Waals surface area contributed by atoms with Gasteiger partial charge in [-0.05, 0) is 34.2 Å². The predicted octanol–water partition coefficient (Wildman–Crippen LogP) is 1.03. The van der Waals surface area contributed by atoms with Crippen molar-refractivity contribution >= 4 is 5.95 Å². The molecule has 3 heterocycles. The van der Waals surface area contributed by atoms with Crippen molar-refractivity contribution in [2.24, 2.45) is 0 Å². The number of piperazine rings is 1. The number of ether oxygens (including phenoxy) is 2. The van der Waals surface area contributed by atoms with Crippen LogP contribution in [0.5, 0.6) is 5.75 Å². The van der Waals surface area contributed by atoms with E-state index >= 15 is 0 Å². The number of hydrogen-bond acceptors (Lipinski definition) is 9. The van der Waals surface area contributed by atoms with Crippen LogP contribution in [-0.4, -0.2) is 82.1 Å². The molecule has 1 aromatic carbocycles. The third kappa shape index (κ3) is 4.39. The maximum Gasteiger partial charge on any atom is 0.225 e. The van der Waals surface area contributed by atoms with Gasteiger partial charge in [0.25, 0.3) is 0 Å². The highest BCUT2D eigenvalue weighted by Crippen LogP contribution is 2.29. The Morgan fingerprint density at radius 2 is 1.73 bits per heavy atom. The van der Waals surface area contributed by atoms with Gasteiger partial charge in [0.05, 0.1) is 26.3 Å². The van der Waals surface area contributed by atoms with Crippen molar-refractivity contribution in [3.05, 3.63) is 54.1 Å². The van der Waals surface area contributed by atoms with E-state index in [0.29, 0.717) is 13.2 Å². The molecule has 0 spiro atoms. The van der Waals surface area contributed by atoms with E-state index in [1.54, 1.807) is 26.6 Å². The first-order valence-corrected chi connectivity index (χ1v) is 9.95. The predicted molar refractivity (Wildman–Crippen MR) is 110 cm³/mol. The second-order valence-corrected chi connectivity index (χ2v) is 7.00. The van der Waals surface area contributed by atoms with Gasteiger partial charge in [-0.25, -0.2) is 14.6 Å². The molecule has 1 aliphatic heterocycles. The summed E-state index contributed by atoms with van der Waals surface area (Å²) in [4.78, 5) is 13.4. The minimum atomic E-state index is -0.0680. The lowest BCUT2D eigenvalue weighted by molar-refractivity contribution is 0.171. The maximum atomic E-state index is 5.33. The van der Waals surface area contributed by atoms with Crippen molar-refractivity contribution in [1.29, 1.82) is 0 Å². The van der Waals surface area contributed by atoms with Gasteiger partial charge in [0.1, 0.15) is 5.75 Å². The Bertz CT molecular complexity index is 910. The van der Waals surface area contributed by atoms with Gasteiger partial charge in [-0.3, -0.25) is 4.90 Å². The molecule has 1 aliphatic rings. The zero-order chi connectivity index (χ0) is 20.8. The highest BCUT2D eigenvalue weighted by molar-refractivity contribution is 5.33. The van der Waals surface area contributed by atoms with Crippen LogP contribution >= 0.6 is 0 Å². The summed E-state index contributed by atoms with van der Waals surface area (Å²) in [6.07, 6.45) is 3.55. The molecule has 10 heteroatoms. The topological polar surface area (TPSA) is 94.3 Å². The van der Waals surface area contributed by atoms with E-state index in [9.17, 15) is 0 Å². The number of tetrazole rings is 1. The van der Waals surface area contributed by atoms with Gasteiger partial charge < -0.3 is 14.4 Å². The van der Waals surface area contributed by atoms with Crippen molar-refractivity contribution in [2.45, 2.75) is 12.6 Å². The quantitative estimate of drug-likeness (QED) is 0.540. The molecular formula is C20H26N8O2. The highest BCUT2D eigenvalue weighted by Gasteiger charge is 2.31. The largest absolute Gasteiger partial charge is 0.497 e. The van der Waals surface area contributed by atoms with E-state index in [1.807, 2.05) is 22.9 Å². The average molecular weight is 410 g/mol. The number of rotatable bonds is 8. The van der Waals surface area contributed by atoms with Crippen molar-refractivity contribution in [1.82, 2.24) is 35.1 Å². The number of anilines is 1. The molecule has 158 valence electrons. The van der Waals surface area contributed by atoms with Gasteiger partial charge in [0, 0.05) is 45.7 Å². The second kappa shape index (κ2) is 9.59. The average Bonchev–Trinajstić information content (AvgIpc) is 3.27. The third-order valence-corrected chi connectivity index (χ3v) is 5.26. The lowest BCUT2D eigenvalue weighted by Gasteiger charge is -2.38. The molecule has 0 aliphatic carbocycles. The summed E-state index contributed by atoms with van der Waals surface area (Å²) in [5.41, 5.74) is 1.12. The molecular weight excluding hydrogens is 384 g/mol. The minimum absolute atomic E-state index is 0.0680. The van der Waals surface area contributed by atoms with E-state index in [0.717, 1.165) is 49.3 Å². The summed E-state index contributed by atoms with van der Waals surface area (Å²) < 4.78 is 12.4. The van der Waals surface area contributed by atoms with Gasteiger partial charge in [-0.1, -0.05) is 12.1 Å². The van der Waals surface area contributed by atoms with E-state index in [2.05, 4.69) is 47.4 Å². The van der Waals surface area contributed by atoms with Crippen LogP contribution in [0.3, 0.4) is 0 Å². The molecule has 0 bridgehead atoms. The fraction of sp³-hybridized carbons (Fsp3) is 0.450. The third-order valence-electron chi connectivity index (χ3n) is 5.26. The van der Waals surface area contributed by atoms with Crippen LogP contribution < -0.4 is 9.64 Å². The number of benzene rings is 1. The second-order valence-electron chi connectivity index (χ2n) is 7.00. The molecule has 30 heavy (non-hydrogen) atoms. The standard InChI is InChI=1S/C20H26N8O2/c1-29-15-14-28-19(23-24-25-28)18(16-4-6-17(30-2)7-5-16)26-10-12-27(13-11-26)20-21-8-3-9-22-20/h3-9,18H,10-15H2,1-2H3. The molecule has 4 rings (SSSR count). The van der Waals surface area contributed by atoms with Crippen molar-refractivity contribution in [3.8, 4) is 5.75 Å². The molecule has 3 aromatic rings. The summed E-state index contributed by atoms with van der Waals surface area (Å²) in [5.74, 6) is 2.40. The summed E-state index contributed by atoms with van der Waals surface area (Å²) in [6.45, 7) is 4.49. The van der Waals surface area contributed by atoms with E-state index in [1.165, 1.54) is 0 Å². The van der Waals surface area contributed by atoms with Crippen LogP contribution in [0.1, 0.15) is 17.4 Å². The minimum Gasteiger partial charge on any atom is -0.497 e.